The van der Waals surface area contributed by atoms with Crippen LogP contribution in [0.2, 0.25) is 0 Å². The molecule has 11 aromatic rings. The van der Waals surface area contributed by atoms with Crippen LogP contribution in [0.1, 0.15) is 0 Å². The second-order valence-corrected chi connectivity index (χ2v) is 14.5. The van der Waals surface area contributed by atoms with E-state index < -0.39 is 0 Å². The lowest BCUT2D eigenvalue weighted by atomic mass is 9.97. The van der Waals surface area contributed by atoms with E-state index in [2.05, 4.69) is 199 Å². The van der Waals surface area contributed by atoms with Crippen molar-refractivity contribution in [3.8, 4) is 44.5 Å². The number of furan rings is 2. The molecule has 268 valence electrons. The number of fused-ring (bicyclic) bond motifs is 6. The van der Waals surface area contributed by atoms with Gasteiger partial charge < -0.3 is 13.7 Å². The van der Waals surface area contributed by atoms with Gasteiger partial charge in [0.2, 0.25) is 0 Å². The predicted octanol–water partition coefficient (Wildman–Crippen LogP) is 15.6. The SMILES string of the molecule is c1ccc(-c2cccc(-c3ccc(N(c4ccc(-c5ccc6oc7ccccc7c6c5)cc4)c4c(-c5ccccc5)ccc5c4oc4ccccc45)cc3)c2)cc1. The van der Waals surface area contributed by atoms with E-state index in [0.717, 1.165) is 88.8 Å². The highest BCUT2D eigenvalue weighted by Crippen LogP contribution is 2.48. The van der Waals surface area contributed by atoms with Gasteiger partial charge in [-0.25, -0.2) is 0 Å². The van der Waals surface area contributed by atoms with Crippen LogP contribution in [0, 0.1) is 0 Å². The predicted molar refractivity (Wildman–Crippen MR) is 237 cm³/mol. The molecule has 9 aromatic carbocycles. The number of rotatable bonds is 7. The molecule has 0 N–H and O–H groups in total. The monoisotopic (exact) mass is 729 g/mol. The Morgan fingerprint density at radius 3 is 1.40 bits per heavy atom. The lowest BCUT2D eigenvalue weighted by Crippen LogP contribution is -2.11. The highest BCUT2D eigenvalue weighted by atomic mass is 16.3. The number of anilines is 3. The van der Waals surface area contributed by atoms with E-state index in [1.165, 1.54) is 16.7 Å². The number of nitrogens with zero attached hydrogens (tertiary/aromatic N) is 1. The zero-order chi connectivity index (χ0) is 37.7. The van der Waals surface area contributed by atoms with Gasteiger partial charge in [0.05, 0.1) is 5.69 Å². The summed E-state index contributed by atoms with van der Waals surface area (Å²) in [4.78, 5) is 2.35. The maximum atomic E-state index is 6.83. The Labute approximate surface area is 330 Å². The van der Waals surface area contributed by atoms with Crippen molar-refractivity contribution in [1.82, 2.24) is 0 Å². The fraction of sp³-hybridized carbons (Fsp3) is 0. The zero-order valence-corrected chi connectivity index (χ0v) is 31.0. The van der Waals surface area contributed by atoms with Crippen molar-refractivity contribution in [2.75, 3.05) is 4.90 Å². The van der Waals surface area contributed by atoms with E-state index in [1.807, 2.05) is 18.2 Å². The van der Waals surface area contributed by atoms with Gasteiger partial charge in [0.25, 0.3) is 0 Å². The second kappa shape index (κ2) is 13.6. The highest BCUT2D eigenvalue weighted by Gasteiger charge is 2.24. The number of hydrogen-bond acceptors (Lipinski definition) is 3. The summed E-state index contributed by atoms with van der Waals surface area (Å²) in [7, 11) is 0. The van der Waals surface area contributed by atoms with Crippen LogP contribution in [0.15, 0.2) is 221 Å². The van der Waals surface area contributed by atoms with Gasteiger partial charge in [-0.05, 0) is 99.6 Å². The summed E-state index contributed by atoms with van der Waals surface area (Å²) < 4.78 is 13.0. The van der Waals surface area contributed by atoms with Crippen molar-refractivity contribution in [1.29, 1.82) is 0 Å². The van der Waals surface area contributed by atoms with Gasteiger partial charge >= 0.3 is 0 Å². The Bertz CT molecular complexity index is 3210. The summed E-state index contributed by atoms with van der Waals surface area (Å²) in [6, 6.07) is 75.2. The molecule has 11 rings (SSSR count). The molecule has 0 fully saturated rings. The van der Waals surface area contributed by atoms with E-state index in [0.29, 0.717) is 0 Å². The van der Waals surface area contributed by atoms with Crippen LogP contribution in [0.3, 0.4) is 0 Å². The third-order valence-electron chi connectivity index (χ3n) is 11.1. The van der Waals surface area contributed by atoms with E-state index in [1.54, 1.807) is 0 Å². The summed E-state index contributed by atoms with van der Waals surface area (Å²) in [5, 5.41) is 4.42. The van der Waals surface area contributed by atoms with Crippen LogP contribution in [0.25, 0.3) is 88.4 Å². The van der Waals surface area contributed by atoms with Crippen LogP contribution in [0.4, 0.5) is 17.1 Å². The molecular weight excluding hydrogens is 695 g/mol. The molecule has 0 radical (unpaired) electrons. The largest absolute Gasteiger partial charge is 0.456 e. The van der Waals surface area contributed by atoms with Crippen molar-refractivity contribution >= 4 is 60.9 Å². The number of para-hydroxylation sites is 2. The summed E-state index contributed by atoms with van der Waals surface area (Å²) in [5.74, 6) is 0. The van der Waals surface area contributed by atoms with Crippen LogP contribution < -0.4 is 4.90 Å². The first-order valence-electron chi connectivity index (χ1n) is 19.3. The normalized spacial score (nSPS) is 11.5. The minimum atomic E-state index is 0.846. The van der Waals surface area contributed by atoms with Crippen LogP contribution in [0.5, 0.6) is 0 Å². The Hall–Kier alpha value is -7.62. The Kier molecular flexibility index (Phi) is 7.82. The number of hydrogen-bond donors (Lipinski definition) is 0. The van der Waals surface area contributed by atoms with Gasteiger partial charge in [-0.3, -0.25) is 0 Å². The minimum Gasteiger partial charge on any atom is -0.456 e. The molecular formula is C54H35NO2. The zero-order valence-electron chi connectivity index (χ0n) is 31.0. The molecule has 0 unspecified atom stereocenters. The third-order valence-corrected chi connectivity index (χ3v) is 11.1. The van der Waals surface area contributed by atoms with Crippen molar-refractivity contribution in [3.63, 3.8) is 0 Å². The lowest BCUT2D eigenvalue weighted by Gasteiger charge is -2.28. The molecule has 2 aromatic heterocycles. The van der Waals surface area contributed by atoms with E-state index in [-0.39, 0.29) is 0 Å². The van der Waals surface area contributed by atoms with Crippen molar-refractivity contribution < 1.29 is 8.83 Å². The molecule has 0 atom stereocenters. The average Bonchev–Trinajstić information content (AvgIpc) is 3.86. The quantitative estimate of drug-likeness (QED) is 0.164. The molecule has 0 aliphatic rings. The third kappa shape index (κ3) is 5.76. The van der Waals surface area contributed by atoms with E-state index in [9.17, 15) is 0 Å². The van der Waals surface area contributed by atoms with Crippen LogP contribution in [-0.4, -0.2) is 0 Å². The van der Waals surface area contributed by atoms with E-state index in [4.69, 9.17) is 8.83 Å². The molecule has 0 aliphatic carbocycles. The van der Waals surface area contributed by atoms with Crippen LogP contribution in [-0.2, 0) is 0 Å². The molecule has 0 aliphatic heterocycles. The first kappa shape index (κ1) is 32.8. The molecule has 0 spiro atoms. The number of benzene rings is 9. The Balaban J connectivity index is 1.08. The van der Waals surface area contributed by atoms with Crippen molar-refractivity contribution in [2.45, 2.75) is 0 Å². The standard InChI is InChI=1S/C54H35NO2/c1-3-12-36(13-4-1)40-16-11-17-41(34-40)37-22-27-43(28-23-37)55(44-29-24-38(25-30-44)42-26-33-52-49(35-42)47-19-8-9-20-50(47)56-52)53-45(39-14-5-2-6-15-39)31-32-48-46-18-7-10-21-51(46)57-54(48)53/h1-35H. The smallest absolute Gasteiger partial charge is 0.160 e. The molecule has 57 heavy (non-hydrogen) atoms. The summed E-state index contributed by atoms with van der Waals surface area (Å²) >= 11 is 0. The topological polar surface area (TPSA) is 29.5 Å². The van der Waals surface area contributed by atoms with Gasteiger partial charge in [-0.1, -0.05) is 152 Å². The summed E-state index contributed by atoms with van der Waals surface area (Å²) in [5.41, 5.74) is 15.8. The maximum Gasteiger partial charge on any atom is 0.160 e. The van der Waals surface area contributed by atoms with Gasteiger partial charge in [0, 0.05) is 38.5 Å². The fourth-order valence-electron chi connectivity index (χ4n) is 8.28. The van der Waals surface area contributed by atoms with Gasteiger partial charge in [0.15, 0.2) is 5.58 Å². The first-order chi connectivity index (χ1) is 28.2. The molecule has 0 saturated carbocycles. The molecule has 0 saturated heterocycles. The molecule has 2 heterocycles. The first-order valence-corrected chi connectivity index (χ1v) is 19.3. The highest BCUT2D eigenvalue weighted by molar-refractivity contribution is 6.14. The molecule has 0 bridgehead atoms. The minimum absolute atomic E-state index is 0.846. The van der Waals surface area contributed by atoms with Crippen molar-refractivity contribution in [2.24, 2.45) is 0 Å². The molecule has 0 amide bonds. The van der Waals surface area contributed by atoms with Gasteiger partial charge in [-0.15, -0.1) is 0 Å². The van der Waals surface area contributed by atoms with Crippen LogP contribution >= 0.6 is 0 Å². The molecule has 3 heteroatoms. The second-order valence-electron chi connectivity index (χ2n) is 14.5. The van der Waals surface area contributed by atoms with Crippen molar-refractivity contribution in [3.05, 3.63) is 212 Å². The summed E-state index contributed by atoms with van der Waals surface area (Å²) in [6.45, 7) is 0. The Morgan fingerprint density at radius 2 is 0.754 bits per heavy atom. The fourth-order valence-corrected chi connectivity index (χ4v) is 8.28. The van der Waals surface area contributed by atoms with Gasteiger partial charge in [0.1, 0.15) is 16.7 Å². The Morgan fingerprint density at radius 1 is 0.281 bits per heavy atom. The van der Waals surface area contributed by atoms with E-state index >= 15 is 0 Å². The summed E-state index contributed by atoms with van der Waals surface area (Å²) in [6.07, 6.45) is 0. The average molecular weight is 730 g/mol. The molecule has 3 nitrogen and oxygen atoms in total. The lowest BCUT2D eigenvalue weighted by molar-refractivity contribution is 0.668. The van der Waals surface area contributed by atoms with Gasteiger partial charge in [-0.2, -0.15) is 0 Å². The maximum absolute atomic E-state index is 6.83.